The van der Waals surface area contributed by atoms with E-state index in [-0.39, 0.29) is 0 Å². The number of thiol groups is 1. The van der Waals surface area contributed by atoms with Crippen LogP contribution in [0.1, 0.15) is 30.4 Å². The fourth-order valence-corrected chi connectivity index (χ4v) is 3.44. The number of benzene rings is 2. The standard InChI is InChI=1S/C24H29NO3S/c1-3-26-14-13-20(17-29)15-19-9-11-22(12-10-19)27-16-23-18(2)28-24(25-23)21-7-5-4-6-8-21/h4-12,20,29H,3,13-17H2,1-2H3/t20-/m1/s1. The van der Waals surface area contributed by atoms with Gasteiger partial charge < -0.3 is 13.9 Å². The lowest BCUT2D eigenvalue weighted by Crippen LogP contribution is -2.10. The van der Waals surface area contributed by atoms with E-state index in [1.807, 2.05) is 56.3 Å². The van der Waals surface area contributed by atoms with Crippen LogP contribution in [0.15, 0.2) is 59.0 Å². The van der Waals surface area contributed by atoms with Crippen molar-refractivity contribution in [3.8, 4) is 17.2 Å². The molecule has 0 unspecified atom stereocenters. The zero-order chi connectivity index (χ0) is 20.5. The molecule has 0 fully saturated rings. The van der Waals surface area contributed by atoms with Crippen molar-refractivity contribution in [3.63, 3.8) is 0 Å². The van der Waals surface area contributed by atoms with E-state index in [0.717, 1.165) is 54.6 Å². The van der Waals surface area contributed by atoms with Crippen molar-refractivity contribution in [2.45, 2.75) is 33.3 Å². The summed E-state index contributed by atoms with van der Waals surface area (Å²) in [6, 6.07) is 18.2. The molecule has 5 heteroatoms. The molecule has 0 radical (unpaired) electrons. The second-order valence-electron chi connectivity index (χ2n) is 7.06. The van der Waals surface area contributed by atoms with Gasteiger partial charge in [-0.05, 0) is 68.2 Å². The molecule has 0 N–H and O–H groups in total. The highest BCUT2D eigenvalue weighted by molar-refractivity contribution is 7.80. The van der Waals surface area contributed by atoms with E-state index in [1.54, 1.807) is 0 Å². The summed E-state index contributed by atoms with van der Waals surface area (Å²) in [5, 5.41) is 0. The molecule has 29 heavy (non-hydrogen) atoms. The van der Waals surface area contributed by atoms with Crippen molar-refractivity contribution in [1.82, 2.24) is 4.98 Å². The number of aromatic nitrogens is 1. The zero-order valence-corrected chi connectivity index (χ0v) is 18.0. The van der Waals surface area contributed by atoms with Crippen molar-refractivity contribution in [2.24, 2.45) is 5.92 Å². The van der Waals surface area contributed by atoms with Gasteiger partial charge in [-0.25, -0.2) is 4.98 Å². The topological polar surface area (TPSA) is 44.5 Å². The van der Waals surface area contributed by atoms with Gasteiger partial charge in [-0.3, -0.25) is 0 Å². The minimum Gasteiger partial charge on any atom is -0.487 e. The first-order valence-electron chi connectivity index (χ1n) is 10.1. The number of ether oxygens (including phenoxy) is 2. The molecule has 3 rings (SSSR count). The quantitative estimate of drug-likeness (QED) is 0.323. The Bertz CT molecular complexity index is 862. The molecule has 0 aliphatic heterocycles. The van der Waals surface area contributed by atoms with E-state index in [4.69, 9.17) is 13.9 Å². The highest BCUT2D eigenvalue weighted by atomic mass is 32.1. The molecule has 3 aromatic rings. The van der Waals surface area contributed by atoms with Crippen LogP contribution in [0, 0.1) is 12.8 Å². The number of hydrogen-bond acceptors (Lipinski definition) is 5. The molecule has 0 aliphatic rings. The smallest absolute Gasteiger partial charge is 0.226 e. The number of hydrogen-bond donors (Lipinski definition) is 1. The molecule has 1 aromatic heterocycles. The maximum Gasteiger partial charge on any atom is 0.226 e. The summed E-state index contributed by atoms with van der Waals surface area (Å²) in [6.07, 6.45) is 2.03. The average Bonchev–Trinajstić information content (AvgIpc) is 3.14. The Morgan fingerprint density at radius 2 is 1.83 bits per heavy atom. The molecule has 4 nitrogen and oxygen atoms in total. The summed E-state index contributed by atoms with van der Waals surface area (Å²) in [5.41, 5.74) is 3.07. The van der Waals surface area contributed by atoms with Gasteiger partial charge in [-0.15, -0.1) is 0 Å². The predicted octanol–water partition coefficient (Wildman–Crippen LogP) is 5.74. The van der Waals surface area contributed by atoms with Gasteiger partial charge in [-0.2, -0.15) is 12.6 Å². The number of nitrogens with zero attached hydrogens (tertiary/aromatic N) is 1. The summed E-state index contributed by atoms with van der Waals surface area (Å²) < 4.78 is 17.2. The average molecular weight is 412 g/mol. The van der Waals surface area contributed by atoms with Gasteiger partial charge in [0.2, 0.25) is 5.89 Å². The molecule has 0 saturated carbocycles. The lowest BCUT2D eigenvalue weighted by molar-refractivity contribution is 0.134. The van der Waals surface area contributed by atoms with Crippen LogP contribution in [0.3, 0.4) is 0 Å². The van der Waals surface area contributed by atoms with Crippen LogP contribution in [-0.4, -0.2) is 24.0 Å². The Labute approximate surface area is 178 Å². The molecule has 2 aromatic carbocycles. The molecule has 0 saturated heterocycles. The summed E-state index contributed by atoms with van der Waals surface area (Å²) in [5.74, 6) is 3.62. The van der Waals surface area contributed by atoms with E-state index in [0.29, 0.717) is 18.4 Å². The van der Waals surface area contributed by atoms with Gasteiger partial charge in [0.1, 0.15) is 23.8 Å². The lowest BCUT2D eigenvalue weighted by Gasteiger charge is -2.14. The Morgan fingerprint density at radius 3 is 2.52 bits per heavy atom. The summed E-state index contributed by atoms with van der Waals surface area (Å²) in [4.78, 5) is 4.59. The largest absolute Gasteiger partial charge is 0.487 e. The van der Waals surface area contributed by atoms with Gasteiger partial charge >= 0.3 is 0 Å². The minimum absolute atomic E-state index is 0.384. The minimum atomic E-state index is 0.384. The van der Waals surface area contributed by atoms with Gasteiger partial charge in [0, 0.05) is 18.8 Å². The fourth-order valence-electron chi connectivity index (χ4n) is 3.13. The maximum atomic E-state index is 5.93. The van der Waals surface area contributed by atoms with Crippen LogP contribution in [0.2, 0.25) is 0 Å². The molecule has 1 atom stereocenters. The molecule has 1 heterocycles. The van der Waals surface area contributed by atoms with E-state index in [9.17, 15) is 0 Å². The van der Waals surface area contributed by atoms with Gasteiger partial charge in [0.15, 0.2) is 0 Å². The molecule has 0 amide bonds. The van der Waals surface area contributed by atoms with Gasteiger partial charge in [-0.1, -0.05) is 30.3 Å². The Balaban J connectivity index is 1.54. The van der Waals surface area contributed by atoms with Crippen molar-refractivity contribution in [3.05, 3.63) is 71.6 Å². The van der Waals surface area contributed by atoms with E-state index < -0.39 is 0 Å². The number of oxazole rings is 1. The monoisotopic (exact) mass is 411 g/mol. The second-order valence-corrected chi connectivity index (χ2v) is 7.42. The zero-order valence-electron chi connectivity index (χ0n) is 17.1. The van der Waals surface area contributed by atoms with Crippen LogP contribution in [0.5, 0.6) is 5.75 Å². The van der Waals surface area contributed by atoms with Gasteiger partial charge in [0.25, 0.3) is 0 Å². The molecular formula is C24H29NO3S. The summed E-state index contributed by atoms with van der Waals surface area (Å²) in [6.45, 7) is 5.89. The Hall–Kier alpha value is -2.24. The van der Waals surface area contributed by atoms with Crippen LogP contribution in [0.4, 0.5) is 0 Å². The van der Waals surface area contributed by atoms with Crippen LogP contribution >= 0.6 is 12.6 Å². The van der Waals surface area contributed by atoms with E-state index >= 15 is 0 Å². The van der Waals surface area contributed by atoms with Crippen LogP contribution in [-0.2, 0) is 17.8 Å². The SMILES string of the molecule is CCOCC[C@@H](CS)Cc1ccc(OCc2nc(-c3ccccc3)oc2C)cc1. The van der Waals surface area contributed by atoms with Crippen molar-refractivity contribution in [2.75, 3.05) is 19.0 Å². The Morgan fingerprint density at radius 1 is 1.07 bits per heavy atom. The molecule has 0 spiro atoms. The van der Waals surface area contributed by atoms with Crippen molar-refractivity contribution >= 4 is 12.6 Å². The van der Waals surface area contributed by atoms with Crippen molar-refractivity contribution < 1.29 is 13.9 Å². The van der Waals surface area contributed by atoms with Crippen LogP contribution < -0.4 is 4.74 Å². The summed E-state index contributed by atoms with van der Waals surface area (Å²) in [7, 11) is 0. The van der Waals surface area contributed by atoms with E-state index in [2.05, 4.69) is 29.7 Å². The first-order chi connectivity index (χ1) is 14.2. The highest BCUT2D eigenvalue weighted by Gasteiger charge is 2.12. The fraction of sp³-hybridized carbons (Fsp3) is 0.375. The molecule has 0 bridgehead atoms. The lowest BCUT2D eigenvalue weighted by atomic mass is 9.98. The number of aryl methyl sites for hydroxylation is 1. The third-order valence-electron chi connectivity index (χ3n) is 4.87. The first kappa shape index (κ1) is 21.5. The Kier molecular flexibility index (Phi) is 8.20. The normalized spacial score (nSPS) is 12.1. The molecule has 0 aliphatic carbocycles. The van der Waals surface area contributed by atoms with Crippen LogP contribution in [0.25, 0.3) is 11.5 Å². The second kappa shape index (κ2) is 11.1. The van der Waals surface area contributed by atoms with Gasteiger partial charge in [0.05, 0.1) is 0 Å². The third kappa shape index (κ3) is 6.38. The molecule has 154 valence electrons. The molecular weight excluding hydrogens is 382 g/mol. The van der Waals surface area contributed by atoms with E-state index in [1.165, 1.54) is 5.56 Å². The third-order valence-corrected chi connectivity index (χ3v) is 5.39. The number of rotatable bonds is 11. The summed E-state index contributed by atoms with van der Waals surface area (Å²) >= 11 is 4.48. The van der Waals surface area contributed by atoms with Crippen molar-refractivity contribution in [1.29, 1.82) is 0 Å². The predicted molar refractivity (Wildman–Crippen MR) is 120 cm³/mol. The first-order valence-corrected chi connectivity index (χ1v) is 10.7. The maximum absolute atomic E-state index is 5.93. The highest BCUT2D eigenvalue weighted by Crippen LogP contribution is 2.23.